The highest BCUT2D eigenvalue weighted by atomic mass is 32.2. The van der Waals surface area contributed by atoms with Crippen LogP contribution in [0.15, 0.2) is 35.6 Å². The van der Waals surface area contributed by atoms with E-state index in [0.717, 1.165) is 17.5 Å². The third kappa shape index (κ3) is 3.52. The van der Waals surface area contributed by atoms with Gasteiger partial charge in [0.05, 0.1) is 0 Å². The number of aromatic nitrogens is 2. The summed E-state index contributed by atoms with van der Waals surface area (Å²) in [4.78, 5) is 10.8. The van der Waals surface area contributed by atoms with Crippen molar-refractivity contribution in [3.05, 3.63) is 30.5 Å². The van der Waals surface area contributed by atoms with Crippen LogP contribution in [0.1, 0.15) is 6.42 Å². The minimum Gasteiger partial charge on any atom is -0.486 e. The fourth-order valence-corrected chi connectivity index (χ4v) is 3.52. The van der Waals surface area contributed by atoms with Crippen LogP contribution in [-0.4, -0.2) is 59.8 Å². The third-order valence-corrected chi connectivity index (χ3v) is 5.02. The highest BCUT2D eigenvalue weighted by Crippen LogP contribution is 2.40. The van der Waals surface area contributed by atoms with Crippen LogP contribution in [0.4, 0.5) is 5.82 Å². The molecule has 4 rings (SSSR count). The molecule has 0 unspecified atom stereocenters. The molecule has 2 aliphatic heterocycles. The summed E-state index contributed by atoms with van der Waals surface area (Å²) >= 11 is 1.50. The molecular weight excluding hydrogens is 354 g/mol. The van der Waals surface area contributed by atoms with Crippen LogP contribution in [0.25, 0.3) is 0 Å². The van der Waals surface area contributed by atoms with Crippen LogP contribution in [-0.2, 0) is 0 Å². The third-order valence-electron chi connectivity index (χ3n) is 4.45. The second kappa shape index (κ2) is 7.59. The van der Waals surface area contributed by atoms with Crippen molar-refractivity contribution >= 4 is 17.6 Å². The quantitative estimate of drug-likeness (QED) is 0.642. The van der Waals surface area contributed by atoms with Crippen molar-refractivity contribution < 1.29 is 19.3 Å². The van der Waals surface area contributed by atoms with Gasteiger partial charge in [0.1, 0.15) is 31.2 Å². The van der Waals surface area contributed by atoms with Crippen LogP contribution in [0.3, 0.4) is 0 Å². The minimum absolute atomic E-state index is 0.301. The number of nitrogens with zero attached hydrogens (tertiary/aromatic N) is 3. The highest BCUT2D eigenvalue weighted by molar-refractivity contribution is 7.98. The molecule has 0 aliphatic carbocycles. The lowest BCUT2D eigenvalue weighted by Gasteiger charge is -2.37. The van der Waals surface area contributed by atoms with Gasteiger partial charge in [0.2, 0.25) is 5.75 Å². The van der Waals surface area contributed by atoms with Crippen molar-refractivity contribution in [2.45, 2.75) is 23.8 Å². The summed E-state index contributed by atoms with van der Waals surface area (Å²) in [5.74, 6) is 2.75. The lowest BCUT2D eigenvalue weighted by atomic mass is 10.0. The van der Waals surface area contributed by atoms with Gasteiger partial charge in [-0.05, 0) is 24.5 Å². The molecule has 0 amide bonds. The number of thioether (sulfide) groups is 1. The monoisotopic (exact) mass is 375 g/mol. The molecule has 2 atom stereocenters. The first-order valence-corrected chi connectivity index (χ1v) is 9.82. The number of hydrogen-bond acceptors (Lipinski definition) is 8. The van der Waals surface area contributed by atoms with Crippen molar-refractivity contribution in [2.75, 3.05) is 37.5 Å². The van der Waals surface area contributed by atoms with Crippen LogP contribution < -0.4 is 19.1 Å². The molecule has 0 saturated carbocycles. The van der Waals surface area contributed by atoms with Gasteiger partial charge in [0.25, 0.3) is 0 Å². The van der Waals surface area contributed by atoms with Gasteiger partial charge in [-0.3, -0.25) is 0 Å². The average molecular weight is 375 g/mol. The summed E-state index contributed by atoms with van der Waals surface area (Å²) in [5.41, 5.74) is 0. The predicted octanol–water partition coefficient (Wildman–Crippen LogP) is 1.99. The molecule has 0 spiro atoms. The number of fused-ring (bicyclic) bond motifs is 1. The fourth-order valence-electron chi connectivity index (χ4n) is 3.16. The van der Waals surface area contributed by atoms with E-state index in [-0.39, 0.29) is 6.10 Å². The van der Waals surface area contributed by atoms with Gasteiger partial charge in [0.15, 0.2) is 16.7 Å². The molecule has 1 N–H and O–H groups in total. The van der Waals surface area contributed by atoms with E-state index in [0.29, 0.717) is 43.4 Å². The predicted molar refractivity (Wildman–Crippen MR) is 98.5 cm³/mol. The SMILES string of the molecule is CSc1nccc(N2CC[C@@H](Oc3cccc4c3OCCO4)[C@H](O)C2)n1. The molecule has 138 valence electrons. The number of aliphatic hydroxyl groups excluding tert-OH is 1. The fraction of sp³-hybridized carbons (Fsp3) is 0.444. The Morgan fingerprint density at radius 3 is 3.00 bits per heavy atom. The van der Waals surface area contributed by atoms with Gasteiger partial charge in [-0.15, -0.1) is 0 Å². The van der Waals surface area contributed by atoms with E-state index in [1.807, 2.05) is 30.5 Å². The van der Waals surface area contributed by atoms with Crippen molar-refractivity contribution in [3.8, 4) is 17.2 Å². The molecule has 8 heteroatoms. The Labute approximate surface area is 156 Å². The number of aliphatic hydroxyl groups is 1. The van der Waals surface area contributed by atoms with Gasteiger partial charge in [0, 0.05) is 25.7 Å². The number of anilines is 1. The highest BCUT2D eigenvalue weighted by Gasteiger charge is 2.31. The van der Waals surface area contributed by atoms with Gasteiger partial charge < -0.3 is 24.2 Å². The number of hydrogen-bond donors (Lipinski definition) is 1. The standard InChI is InChI=1S/C18H21N3O4S/c1-26-18-19-7-5-16(20-18)21-8-6-13(12(22)11-21)25-15-4-2-3-14-17(15)24-10-9-23-14/h2-5,7,12-13,22H,6,8-11H2,1H3/t12-,13-/m1/s1. The number of β-amino-alcohol motifs (C(OH)–C–C–N with tert-alkyl or cyclic N) is 1. The van der Waals surface area contributed by atoms with Gasteiger partial charge in [-0.25, -0.2) is 9.97 Å². The van der Waals surface area contributed by atoms with Crippen molar-refractivity contribution in [1.82, 2.24) is 9.97 Å². The summed E-state index contributed by atoms with van der Waals surface area (Å²) in [5, 5.41) is 11.3. The minimum atomic E-state index is -0.628. The first-order chi connectivity index (χ1) is 12.7. The van der Waals surface area contributed by atoms with Gasteiger partial charge in [-0.2, -0.15) is 0 Å². The molecule has 0 radical (unpaired) electrons. The molecule has 3 heterocycles. The number of para-hydroxylation sites is 1. The number of piperidine rings is 1. The molecule has 0 bridgehead atoms. The normalized spacial score (nSPS) is 22.2. The largest absolute Gasteiger partial charge is 0.486 e. The topological polar surface area (TPSA) is 76.9 Å². The number of benzene rings is 1. The van der Waals surface area contributed by atoms with Crippen LogP contribution in [0.2, 0.25) is 0 Å². The molecule has 1 fully saturated rings. The Bertz CT molecular complexity index is 776. The van der Waals surface area contributed by atoms with Gasteiger partial charge in [-0.1, -0.05) is 17.8 Å². The van der Waals surface area contributed by atoms with Crippen LogP contribution in [0.5, 0.6) is 17.2 Å². The van der Waals surface area contributed by atoms with E-state index in [2.05, 4.69) is 14.9 Å². The molecule has 1 aromatic carbocycles. The van der Waals surface area contributed by atoms with Crippen LogP contribution in [0, 0.1) is 0 Å². The molecular formula is C18H21N3O4S. The summed E-state index contributed by atoms with van der Waals surface area (Å²) in [6.07, 6.45) is 3.45. The van der Waals surface area contributed by atoms with Crippen LogP contribution >= 0.6 is 11.8 Å². The van der Waals surface area contributed by atoms with Gasteiger partial charge >= 0.3 is 0 Å². The van der Waals surface area contributed by atoms with E-state index < -0.39 is 6.10 Å². The summed E-state index contributed by atoms with van der Waals surface area (Å²) in [6.45, 7) is 2.25. The van der Waals surface area contributed by atoms with E-state index >= 15 is 0 Å². The van der Waals surface area contributed by atoms with E-state index in [1.54, 1.807) is 6.20 Å². The smallest absolute Gasteiger partial charge is 0.203 e. The molecule has 2 aromatic rings. The summed E-state index contributed by atoms with van der Waals surface area (Å²) < 4.78 is 17.3. The van der Waals surface area contributed by atoms with Crippen molar-refractivity contribution in [3.63, 3.8) is 0 Å². The van der Waals surface area contributed by atoms with E-state index in [9.17, 15) is 5.11 Å². The maximum Gasteiger partial charge on any atom is 0.203 e. The maximum atomic E-state index is 10.6. The Hall–Kier alpha value is -2.19. The Balaban J connectivity index is 1.45. The van der Waals surface area contributed by atoms with E-state index in [1.165, 1.54) is 11.8 Å². The Kier molecular flexibility index (Phi) is 5.03. The second-order valence-electron chi connectivity index (χ2n) is 6.14. The first kappa shape index (κ1) is 17.2. The molecule has 1 aromatic heterocycles. The summed E-state index contributed by atoms with van der Waals surface area (Å²) in [7, 11) is 0. The zero-order valence-electron chi connectivity index (χ0n) is 14.5. The molecule has 1 saturated heterocycles. The second-order valence-corrected chi connectivity index (χ2v) is 6.91. The van der Waals surface area contributed by atoms with E-state index in [4.69, 9.17) is 14.2 Å². The number of ether oxygens (including phenoxy) is 3. The average Bonchev–Trinajstić information content (AvgIpc) is 2.70. The zero-order chi connectivity index (χ0) is 17.9. The summed E-state index contributed by atoms with van der Waals surface area (Å²) in [6, 6.07) is 7.45. The Morgan fingerprint density at radius 1 is 1.27 bits per heavy atom. The molecule has 2 aliphatic rings. The lowest BCUT2D eigenvalue weighted by molar-refractivity contribution is 0.0209. The van der Waals surface area contributed by atoms with Crippen molar-refractivity contribution in [1.29, 1.82) is 0 Å². The zero-order valence-corrected chi connectivity index (χ0v) is 15.3. The first-order valence-electron chi connectivity index (χ1n) is 8.60. The lowest BCUT2D eigenvalue weighted by Crippen LogP contribution is -2.49. The molecule has 26 heavy (non-hydrogen) atoms. The maximum absolute atomic E-state index is 10.6. The number of rotatable bonds is 4. The molecule has 7 nitrogen and oxygen atoms in total. The Morgan fingerprint density at radius 2 is 2.15 bits per heavy atom. The van der Waals surface area contributed by atoms with Crippen molar-refractivity contribution in [2.24, 2.45) is 0 Å².